The molecule has 1 heteroatoms. The smallest absolute Gasteiger partial charge is 0.0150 e. The van der Waals surface area contributed by atoms with Crippen molar-refractivity contribution in [1.82, 2.24) is 4.90 Å². The molecule has 0 aliphatic heterocycles. The first-order chi connectivity index (χ1) is 6.13. The molecule has 0 heterocycles. The predicted octanol–water partition coefficient (Wildman–Crippen LogP) is 3.32. The van der Waals surface area contributed by atoms with Crippen LogP contribution in [0.4, 0.5) is 0 Å². The van der Waals surface area contributed by atoms with E-state index in [9.17, 15) is 0 Å². The molecule has 0 saturated carbocycles. The van der Waals surface area contributed by atoms with Gasteiger partial charge in [0.2, 0.25) is 0 Å². The highest BCUT2D eigenvalue weighted by Gasteiger charge is 2.15. The van der Waals surface area contributed by atoms with E-state index in [1.165, 1.54) is 19.4 Å². The van der Waals surface area contributed by atoms with Crippen LogP contribution in [0, 0.1) is 5.92 Å². The molecule has 0 N–H and O–H groups in total. The fourth-order valence-corrected chi connectivity index (χ4v) is 1.76. The van der Waals surface area contributed by atoms with Gasteiger partial charge in [-0.3, -0.25) is 0 Å². The molecule has 1 unspecified atom stereocenters. The van der Waals surface area contributed by atoms with E-state index >= 15 is 0 Å². The number of hydrogen-bond donors (Lipinski definition) is 0. The van der Waals surface area contributed by atoms with E-state index in [0.29, 0.717) is 6.04 Å². The summed E-state index contributed by atoms with van der Waals surface area (Å²) in [6.07, 6.45) is 6.85. The molecule has 0 rings (SSSR count). The van der Waals surface area contributed by atoms with Crippen LogP contribution in [0.2, 0.25) is 0 Å². The van der Waals surface area contributed by atoms with Crippen LogP contribution in [0.25, 0.3) is 0 Å². The van der Waals surface area contributed by atoms with Gasteiger partial charge in [-0.2, -0.15) is 0 Å². The average molecular weight is 183 g/mol. The molecule has 78 valence electrons. The van der Waals surface area contributed by atoms with Crippen molar-refractivity contribution in [2.45, 2.75) is 46.6 Å². The molecular weight excluding hydrogens is 158 g/mol. The SMILES string of the molecule is C/C=C\CC(C(C)C)N(C)CCC. The number of allylic oxidation sites excluding steroid dienone is 1. The Labute approximate surface area is 83.8 Å². The van der Waals surface area contributed by atoms with Gasteiger partial charge >= 0.3 is 0 Å². The summed E-state index contributed by atoms with van der Waals surface area (Å²) in [5, 5.41) is 0. The third-order valence-corrected chi connectivity index (χ3v) is 2.53. The molecule has 0 amide bonds. The van der Waals surface area contributed by atoms with Crippen LogP contribution < -0.4 is 0 Å². The standard InChI is InChI=1S/C12H25N/c1-6-8-9-12(11(3)4)13(5)10-7-2/h6,8,11-12H,7,9-10H2,1-5H3/b8-6-. The minimum absolute atomic E-state index is 0.705. The molecule has 0 aromatic heterocycles. The first-order valence-corrected chi connectivity index (χ1v) is 5.44. The zero-order valence-electron chi connectivity index (χ0n) is 9.88. The second-order valence-electron chi connectivity index (χ2n) is 4.10. The molecule has 0 fully saturated rings. The van der Waals surface area contributed by atoms with Crippen molar-refractivity contribution in [2.75, 3.05) is 13.6 Å². The topological polar surface area (TPSA) is 3.24 Å². The van der Waals surface area contributed by atoms with Gasteiger partial charge in [-0.15, -0.1) is 0 Å². The van der Waals surface area contributed by atoms with E-state index in [-0.39, 0.29) is 0 Å². The minimum atomic E-state index is 0.705. The summed E-state index contributed by atoms with van der Waals surface area (Å²) in [4.78, 5) is 2.48. The van der Waals surface area contributed by atoms with Gasteiger partial charge in [0.25, 0.3) is 0 Å². The maximum Gasteiger partial charge on any atom is 0.0150 e. The number of hydrogen-bond acceptors (Lipinski definition) is 1. The Morgan fingerprint density at radius 1 is 1.31 bits per heavy atom. The van der Waals surface area contributed by atoms with E-state index in [1.54, 1.807) is 0 Å². The molecule has 0 saturated heterocycles. The molecule has 0 radical (unpaired) electrons. The number of nitrogens with zero attached hydrogens (tertiary/aromatic N) is 1. The molecule has 13 heavy (non-hydrogen) atoms. The van der Waals surface area contributed by atoms with Gasteiger partial charge in [-0.25, -0.2) is 0 Å². The van der Waals surface area contributed by atoms with Crippen molar-refractivity contribution in [1.29, 1.82) is 0 Å². The van der Waals surface area contributed by atoms with Gasteiger partial charge in [-0.05, 0) is 39.3 Å². The summed E-state index contributed by atoms with van der Waals surface area (Å²) < 4.78 is 0. The van der Waals surface area contributed by atoms with Crippen LogP contribution in [0.15, 0.2) is 12.2 Å². The summed E-state index contributed by atoms with van der Waals surface area (Å²) in [5.41, 5.74) is 0. The molecule has 0 aromatic rings. The van der Waals surface area contributed by atoms with Crippen LogP contribution in [0.5, 0.6) is 0 Å². The molecule has 1 atom stereocenters. The minimum Gasteiger partial charge on any atom is -0.303 e. The second-order valence-corrected chi connectivity index (χ2v) is 4.10. The molecule has 0 aromatic carbocycles. The zero-order valence-corrected chi connectivity index (χ0v) is 9.88. The van der Waals surface area contributed by atoms with E-state index in [1.807, 2.05) is 0 Å². The summed E-state index contributed by atoms with van der Waals surface area (Å²) >= 11 is 0. The van der Waals surface area contributed by atoms with Gasteiger partial charge < -0.3 is 4.90 Å². The highest BCUT2D eigenvalue weighted by molar-refractivity contribution is 4.85. The molecule has 1 nitrogen and oxygen atoms in total. The van der Waals surface area contributed by atoms with E-state index in [0.717, 1.165) is 5.92 Å². The lowest BCUT2D eigenvalue weighted by atomic mass is 9.99. The third-order valence-electron chi connectivity index (χ3n) is 2.53. The lowest BCUT2D eigenvalue weighted by Gasteiger charge is -2.30. The maximum atomic E-state index is 2.48. The Balaban J connectivity index is 4.06. The Morgan fingerprint density at radius 3 is 2.31 bits per heavy atom. The van der Waals surface area contributed by atoms with Crippen LogP contribution in [0.3, 0.4) is 0 Å². The first kappa shape index (κ1) is 12.7. The maximum absolute atomic E-state index is 2.48. The summed E-state index contributed by atoms with van der Waals surface area (Å²) in [6.45, 7) is 10.2. The molecular formula is C12H25N. The summed E-state index contributed by atoms with van der Waals surface area (Å²) in [5.74, 6) is 0.743. The zero-order chi connectivity index (χ0) is 10.3. The largest absolute Gasteiger partial charge is 0.303 e. The van der Waals surface area contributed by atoms with Gasteiger partial charge in [0.05, 0.1) is 0 Å². The van der Waals surface area contributed by atoms with E-state index < -0.39 is 0 Å². The second kappa shape index (κ2) is 7.14. The molecule has 0 spiro atoms. The Hall–Kier alpha value is -0.300. The van der Waals surface area contributed by atoms with Crippen molar-refractivity contribution < 1.29 is 0 Å². The summed E-state index contributed by atoms with van der Waals surface area (Å²) in [6, 6.07) is 0.705. The fraction of sp³-hybridized carbons (Fsp3) is 0.833. The lowest BCUT2D eigenvalue weighted by Crippen LogP contribution is -2.36. The van der Waals surface area contributed by atoms with Crippen molar-refractivity contribution in [3.63, 3.8) is 0 Å². The Kier molecular flexibility index (Phi) is 6.97. The molecule has 0 aliphatic carbocycles. The molecule has 0 aliphatic rings. The van der Waals surface area contributed by atoms with Crippen molar-refractivity contribution in [3.05, 3.63) is 12.2 Å². The van der Waals surface area contributed by atoms with Crippen LogP contribution in [-0.2, 0) is 0 Å². The van der Waals surface area contributed by atoms with E-state index in [2.05, 4.69) is 51.8 Å². The van der Waals surface area contributed by atoms with Crippen molar-refractivity contribution in [2.24, 2.45) is 5.92 Å². The third kappa shape index (κ3) is 5.09. The molecule has 0 bridgehead atoms. The van der Waals surface area contributed by atoms with Crippen LogP contribution in [0.1, 0.15) is 40.5 Å². The Bertz CT molecular complexity index is 138. The predicted molar refractivity (Wildman–Crippen MR) is 61.0 cm³/mol. The highest BCUT2D eigenvalue weighted by Crippen LogP contribution is 2.13. The normalized spacial score (nSPS) is 14.7. The van der Waals surface area contributed by atoms with Gasteiger partial charge in [0.1, 0.15) is 0 Å². The van der Waals surface area contributed by atoms with Gasteiger partial charge in [0, 0.05) is 6.04 Å². The average Bonchev–Trinajstić information content (AvgIpc) is 2.05. The van der Waals surface area contributed by atoms with E-state index in [4.69, 9.17) is 0 Å². The highest BCUT2D eigenvalue weighted by atomic mass is 15.1. The summed E-state index contributed by atoms with van der Waals surface area (Å²) in [7, 11) is 2.23. The Morgan fingerprint density at radius 2 is 1.92 bits per heavy atom. The van der Waals surface area contributed by atoms with Crippen molar-refractivity contribution >= 4 is 0 Å². The number of rotatable bonds is 6. The fourth-order valence-electron chi connectivity index (χ4n) is 1.76. The monoisotopic (exact) mass is 183 g/mol. The first-order valence-electron chi connectivity index (χ1n) is 5.44. The van der Waals surface area contributed by atoms with Gasteiger partial charge in [0.15, 0.2) is 0 Å². The van der Waals surface area contributed by atoms with Crippen LogP contribution >= 0.6 is 0 Å². The van der Waals surface area contributed by atoms with Crippen molar-refractivity contribution in [3.8, 4) is 0 Å². The van der Waals surface area contributed by atoms with Gasteiger partial charge in [-0.1, -0.05) is 32.9 Å². The lowest BCUT2D eigenvalue weighted by molar-refractivity contribution is 0.193. The van der Waals surface area contributed by atoms with Crippen LogP contribution in [-0.4, -0.2) is 24.5 Å². The quantitative estimate of drug-likeness (QED) is 0.571.